The molecular weight excluding hydrogens is 394 g/mol. The van der Waals surface area contributed by atoms with Crippen LogP contribution < -0.4 is 9.46 Å². The van der Waals surface area contributed by atoms with Crippen molar-refractivity contribution in [2.45, 2.75) is 11.3 Å². The van der Waals surface area contributed by atoms with Crippen LogP contribution in [0, 0.1) is 11.6 Å². The van der Waals surface area contributed by atoms with E-state index in [1.807, 2.05) is 0 Å². The molecule has 1 N–H and O–H groups in total. The van der Waals surface area contributed by atoms with E-state index in [1.54, 1.807) is 17.5 Å². The Morgan fingerprint density at radius 2 is 1.93 bits per heavy atom. The van der Waals surface area contributed by atoms with Crippen molar-refractivity contribution < 1.29 is 21.9 Å². The number of rotatable bonds is 7. The van der Waals surface area contributed by atoms with Gasteiger partial charge in [0, 0.05) is 23.9 Å². The molecule has 0 spiro atoms. The monoisotopic (exact) mass is 410 g/mol. The smallest absolute Gasteiger partial charge is 0.244 e. The van der Waals surface area contributed by atoms with Gasteiger partial charge in [0.15, 0.2) is 0 Å². The van der Waals surface area contributed by atoms with E-state index >= 15 is 0 Å². The van der Waals surface area contributed by atoms with E-state index in [-0.39, 0.29) is 23.0 Å². The summed E-state index contributed by atoms with van der Waals surface area (Å²) in [4.78, 5) is 4.13. The van der Waals surface area contributed by atoms with Gasteiger partial charge in [0.25, 0.3) is 0 Å². The number of methoxy groups -OCH3 is 1. The highest BCUT2D eigenvalue weighted by Crippen LogP contribution is 2.25. The average molecular weight is 410 g/mol. The summed E-state index contributed by atoms with van der Waals surface area (Å²) in [6.07, 6.45) is 0.336. The van der Waals surface area contributed by atoms with Gasteiger partial charge in [-0.05, 0) is 30.3 Å². The molecule has 3 rings (SSSR count). The second-order valence-electron chi connectivity index (χ2n) is 5.60. The van der Waals surface area contributed by atoms with Crippen LogP contribution in [0.5, 0.6) is 5.75 Å². The summed E-state index contributed by atoms with van der Waals surface area (Å²) >= 11 is 1.35. The van der Waals surface area contributed by atoms with E-state index in [2.05, 4.69) is 9.71 Å². The van der Waals surface area contributed by atoms with Crippen LogP contribution in [-0.4, -0.2) is 27.1 Å². The molecule has 0 saturated heterocycles. The number of aromatic nitrogens is 1. The normalized spacial score (nSPS) is 11.5. The van der Waals surface area contributed by atoms with Crippen LogP contribution in [0.2, 0.25) is 0 Å². The zero-order valence-corrected chi connectivity index (χ0v) is 15.9. The van der Waals surface area contributed by atoms with Gasteiger partial charge in [-0.1, -0.05) is 12.1 Å². The predicted molar refractivity (Wildman–Crippen MR) is 99.4 cm³/mol. The van der Waals surface area contributed by atoms with E-state index in [4.69, 9.17) is 4.74 Å². The number of thiazole rings is 1. The minimum Gasteiger partial charge on any atom is -0.495 e. The summed E-state index contributed by atoms with van der Waals surface area (Å²) in [6.45, 7) is 0.0777. The third kappa shape index (κ3) is 4.68. The van der Waals surface area contributed by atoms with E-state index in [1.165, 1.54) is 36.6 Å². The highest BCUT2D eigenvalue weighted by molar-refractivity contribution is 7.89. The Morgan fingerprint density at radius 3 is 2.67 bits per heavy atom. The van der Waals surface area contributed by atoms with Crippen LogP contribution in [0.15, 0.2) is 52.7 Å². The minimum atomic E-state index is -3.94. The quantitative estimate of drug-likeness (QED) is 0.646. The van der Waals surface area contributed by atoms with Crippen LogP contribution in [0.1, 0.15) is 5.69 Å². The first kappa shape index (κ1) is 19.4. The van der Waals surface area contributed by atoms with Gasteiger partial charge in [-0.15, -0.1) is 11.3 Å². The van der Waals surface area contributed by atoms with Gasteiger partial charge in [-0.3, -0.25) is 0 Å². The summed E-state index contributed by atoms with van der Waals surface area (Å²) < 4.78 is 58.9. The van der Waals surface area contributed by atoms with Crippen LogP contribution in [0.25, 0.3) is 10.6 Å². The highest BCUT2D eigenvalue weighted by Gasteiger charge is 2.20. The molecule has 9 heteroatoms. The van der Waals surface area contributed by atoms with E-state index in [0.29, 0.717) is 22.7 Å². The standard InChI is InChI=1S/C18H16F2N2O3S2/c1-25-16-6-5-14(20)10-17(16)27(23,24)21-8-7-15-11-26-18(22-15)12-3-2-4-13(19)9-12/h2-6,9-11,21H,7-8H2,1H3. The summed E-state index contributed by atoms with van der Waals surface area (Å²) in [5, 5.41) is 2.44. The molecule has 0 fully saturated rings. The van der Waals surface area contributed by atoms with Crippen molar-refractivity contribution in [1.29, 1.82) is 0 Å². The molecule has 0 saturated carbocycles. The predicted octanol–water partition coefficient (Wildman–Crippen LogP) is 3.62. The fourth-order valence-electron chi connectivity index (χ4n) is 2.43. The molecule has 1 heterocycles. The fourth-order valence-corrected chi connectivity index (χ4v) is 4.49. The Kier molecular flexibility index (Phi) is 5.83. The third-order valence-electron chi connectivity index (χ3n) is 3.71. The van der Waals surface area contributed by atoms with Crippen LogP contribution in [0.4, 0.5) is 8.78 Å². The van der Waals surface area contributed by atoms with Crippen LogP contribution in [0.3, 0.4) is 0 Å². The Balaban J connectivity index is 1.67. The SMILES string of the molecule is COc1ccc(F)cc1S(=O)(=O)NCCc1csc(-c2cccc(F)c2)n1. The molecule has 0 amide bonds. The van der Waals surface area contributed by atoms with Crippen molar-refractivity contribution in [1.82, 2.24) is 9.71 Å². The van der Waals surface area contributed by atoms with Gasteiger partial charge >= 0.3 is 0 Å². The number of hydrogen-bond acceptors (Lipinski definition) is 5. The van der Waals surface area contributed by atoms with Crippen molar-refractivity contribution in [3.63, 3.8) is 0 Å². The van der Waals surface area contributed by atoms with Crippen LogP contribution in [-0.2, 0) is 16.4 Å². The molecule has 27 heavy (non-hydrogen) atoms. The average Bonchev–Trinajstić information content (AvgIpc) is 3.10. The first-order chi connectivity index (χ1) is 12.9. The number of ether oxygens (including phenoxy) is 1. The lowest BCUT2D eigenvalue weighted by atomic mass is 10.2. The largest absolute Gasteiger partial charge is 0.495 e. The molecule has 0 unspecified atom stereocenters. The second-order valence-corrected chi connectivity index (χ2v) is 8.19. The highest BCUT2D eigenvalue weighted by atomic mass is 32.2. The topological polar surface area (TPSA) is 68.3 Å². The first-order valence-corrected chi connectivity index (χ1v) is 10.3. The number of nitrogens with zero attached hydrogens (tertiary/aromatic N) is 1. The molecule has 5 nitrogen and oxygen atoms in total. The van der Waals surface area contributed by atoms with E-state index in [9.17, 15) is 17.2 Å². The molecule has 2 aromatic carbocycles. The van der Waals surface area contributed by atoms with Crippen molar-refractivity contribution in [2.24, 2.45) is 0 Å². The molecule has 0 aliphatic carbocycles. The Hall–Kier alpha value is -2.36. The van der Waals surface area contributed by atoms with Crippen molar-refractivity contribution in [2.75, 3.05) is 13.7 Å². The maximum absolute atomic E-state index is 13.4. The van der Waals surface area contributed by atoms with Crippen LogP contribution >= 0.6 is 11.3 Å². The summed E-state index contributed by atoms with van der Waals surface area (Å²) in [5.41, 5.74) is 1.34. The fraction of sp³-hybridized carbons (Fsp3) is 0.167. The first-order valence-electron chi connectivity index (χ1n) is 7.92. The van der Waals surface area contributed by atoms with Crippen molar-refractivity contribution >= 4 is 21.4 Å². The third-order valence-corrected chi connectivity index (χ3v) is 6.13. The molecule has 142 valence electrons. The number of nitrogens with one attached hydrogen (secondary N) is 1. The number of hydrogen-bond donors (Lipinski definition) is 1. The molecule has 0 atom stereocenters. The molecule has 3 aromatic rings. The Labute approximate surface area is 159 Å². The molecule has 0 radical (unpaired) electrons. The van der Waals surface area contributed by atoms with Gasteiger partial charge in [0.2, 0.25) is 10.0 Å². The van der Waals surface area contributed by atoms with E-state index in [0.717, 1.165) is 12.1 Å². The second kappa shape index (κ2) is 8.12. The Morgan fingerprint density at radius 1 is 1.15 bits per heavy atom. The van der Waals surface area contributed by atoms with Gasteiger partial charge in [0.05, 0.1) is 12.8 Å². The van der Waals surface area contributed by atoms with Crippen molar-refractivity contribution in [3.8, 4) is 16.3 Å². The van der Waals surface area contributed by atoms with Crippen molar-refractivity contribution in [3.05, 3.63) is 65.2 Å². The lowest BCUT2D eigenvalue weighted by molar-refractivity contribution is 0.400. The summed E-state index contributed by atoms with van der Waals surface area (Å²) in [5.74, 6) is -0.956. The molecule has 0 aliphatic rings. The van der Waals surface area contributed by atoms with Gasteiger partial charge < -0.3 is 4.74 Å². The number of halogens is 2. The Bertz CT molecular complexity index is 1050. The zero-order valence-electron chi connectivity index (χ0n) is 14.3. The summed E-state index contributed by atoms with van der Waals surface area (Å²) in [7, 11) is -2.62. The maximum atomic E-state index is 13.4. The molecule has 0 aliphatic heterocycles. The number of sulfonamides is 1. The summed E-state index contributed by atoms with van der Waals surface area (Å²) in [6, 6.07) is 9.40. The van der Waals surface area contributed by atoms with Gasteiger partial charge in [-0.25, -0.2) is 26.9 Å². The lowest BCUT2D eigenvalue weighted by Crippen LogP contribution is -2.26. The lowest BCUT2D eigenvalue weighted by Gasteiger charge is -2.10. The van der Waals surface area contributed by atoms with E-state index < -0.39 is 15.8 Å². The minimum absolute atomic E-state index is 0.0611. The van der Waals surface area contributed by atoms with Gasteiger partial charge in [-0.2, -0.15) is 0 Å². The molecule has 1 aromatic heterocycles. The number of benzene rings is 2. The molecule has 0 bridgehead atoms. The van der Waals surface area contributed by atoms with Gasteiger partial charge in [0.1, 0.15) is 27.3 Å². The molecular formula is C18H16F2N2O3S2. The zero-order chi connectivity index (χ0) is 19.4. The maximum Gasteiger partial charge on any atom is 0.244 e.